The molecule has 17 heavy (non-hydrogen) atoms. The summed E-state index contributed by atoms with van der Waals surface area (Å²) in [6.07, 6.45) is 4.43. The molecule has 1 rings (SSSR count). The van der Waals surface area contributed by atoms with Gasteiger partial charge in [-0.2, -0.15) is 0 Å². The van der Waals surface area contributed by atoms with E-state index < -0.39 is 0 Å². The van der Waals surface area contributed by atoms with Gasteiger partial charge in [-0.15, -0.1) is 0 Å². The third kappa shape index (κ3) is 5.48. The van der Waals surface area contributed by atoms with Crippen molar-refractivity contribution in [3.8, 4) is 0 Å². The minimum atomic E-state index is -0.176. The molecule has 4 N–H and O–H groups in total. The maximum absolute atomic E-state index is 10.9. The molecule has 100 valence electrons. The fourth-order valence-electron chi connectivity index (χ4n) is 2.35. The number of nitrogens with two attached hydrogens (primary N) is 1. The zero-order valence-electron chi connectivity index (χ0n) is 10.7. The number of carbonyl (C=O) groups is 1. The summed E-state index contributed by atoms with van der Waals surface area (Å²) in [7, 11) is 0. The molecule has 0 aromatic rings. The van der Waals surface area contributed by atoms with Crippen LogP contribution in [0.3, 0.4) is 0 Å². The lowest BCUT2D eigenvalue weighted by Crippen LogP contribution is -2.37. The molecule has 0 aromatic carbocycles. The predicted octanol–water partition coefficient (Wildman–Crippen LogP) is 0.239. The highest BCUT2D eigenvalue weighted by atomic mass is 16.3. The van der Waals surface area contributed by atoms with E-state index in [1.54, 1.807) is 0 Å². The lowest BCUT2D eigenvalue weighted by molar-refractivity contribution is -0.121. The largest absolute Gasteiger partial charge is 0.393 e. The average molecular weight is 243 g/mol. The van der Waals surface area contributed by atoms with Crippen LogP contribution in [0.4, 0.5) is 0 Å². The number of aliphatic hydroxyl groups excluding tert-OH is 1. The summed E-state index contributed by atoms with van der Waals surface area (Å²) in [5.74, 6) is 5.39. The second-order valence-electron chi connectivity index (χ2n) is 4.94. The number of piperidine rings is 1. The quantitative estimate of drug-likeness (QED) is 0.270. The first-order valence-corrected chi connectivity index (χ1v) is 6.53. The van der Waals surface area contributed by atoms with Crippen molar-refractivity contribution in [2.75, 3.05) is 19.6 Å². The Morgan fingerprint density at radius 3 is 2.65 bits per heavy atom. The van der Waals surface area contributed by atoms with Crippen LogP contribution in [-0.4, -0.2) is 41.7 Å². The number of aliphatic hydroxyl groups is 1. The Labute approximate surface area is 103 Å². The van der Waals surface area contributed by atoms with E-state index >= 15 is 0 Å². The van der Waals surface area contributed by atoms with Crippen molar-refractivity contribution in [1.82, 2.24) is 10.3 Å². The molecule has 0 saturated carbocycles. The summed E-state index contributed by atoms with van der Waals surface area (Å²) >= 11 is 0. The molecule has 5 heteroatoms. The molecule has 1 heterocycles. The summed E-state index contributed by atoms with van der Waals surface area (Å²) in [4.78, 5) is 13.3. The van der Waals surface area contributed by atoms with E-state index in [0.717, 1.165) is 45.3 Å². The fraction of sp³-hybridized carbons (Fsp3) is 0.917. The summed E-state index contributed by atoms with van der Waals surface area (Å²) in [5.41, 5.74) is 2.14. The van der Waals surface area contributed by atoms with Gasteiger partial charge in [0.1, 0.15) is 0 Å². The molecule has 1 atom stereocenters. The number of likely N-dealkylation sites (tertiary alicyclic amines) is 1. The van der Waals surface area contributed by atoms with Gasteiger partial charge in [0.05, 0.1) is 6.10 Å². The molecule has 0 aromatic heterocycles. The van der Waals surface area contributed by atoms with Gasteiger partial charge < -0.3 is 10.0 Å². The first kappa shape index (κ1) is 14.4. The van der Waals surface area contributed by atoms with Crippen LogP contribution >= 0.6 is 0 Å². The van der Waals surface area contributed by atoms with Crippen molar-refractivity contribution in [1.29, 1.82) is 0 Å². The SMILES string of the molecule is CC(O)C1CCN(CCCCC(=O)NN)CC1. The average Bonchev–Trinajstić information content (AvgIpc) is 2.34. The Bertz CT molecular complexity index is 226. The first-order chi connectivity index (χ1) is 8.13. The monoisotopic (exact) mass is 243 g/mol. The highest BCUT2D eigenvalue weighted by Crippen LogP contribution is 2.20. The van der Waals surface area contributed by atoms with E-state index in [1.807, 2.05) is 6.92 Å². The third-order valence-corrected chi connectivity index (χ3v) is 3.60. The molecule has 1 fully saturated rings. The van der Waals surface area contributed by atoms with Crippen LogP contribution in [0, 0.1) is 5.92 Å². The molecular weight excluding hydrogens is 218 g/mol. The normalized spacial score (nSPS) is 20.2. The van der Waals surface area contributed by atoms with Crippen molar-refractivity contribution >= 4 is 5.91 Å². The summed E-state index contributed by atoms with van der Waals surface area (Å²) in [6.45, 7) is 5.06. The summed E-state index contributed by atoms with van der Waals surface area (Å²) in [6, 6.07) is 0. The van der Waals surface area contributed by atoms with E-state index in [1.165, 1.54) is 0 Å². The molecule has 0 spiro atoms. The second kappa shape index (κ2) is 7.63. The number of amides is 1. The van der Waals surface area contributed by atoms with Gasteiger partial charge in [0.2, 0.25) is 5.91 Å². The van der Waals surface area contributed by atoms with Gasteiger partial charge in [0.25, 0.3) is 0 Å². The van der Waals surface area contributed by atoms with Gasteiger partial charge in [-0.1, -0.05) is 0 Å². The maximum atomic E-state index is 10.9. The molecule has 0 radical (unpaired) electrons. The molecule has 1 aliphatic heterocycles. The Morgan fingerprint density at radius 2 is 2.12 bits per heavy atom. The smallest absolute Gasteiger partial charge is 0.233 e. The first-order valence-electron chi connectivity index (χ1n) is 6.53. The van der Waals surface area contributed by atoms with Gasteiger partial charge in [-0.3, -0.25) is 10.2 Å². The van der Waals surface area contributed by atoms with Crippen molar-refractivity contribution in [2.45, 2.75) is 45.1 Å². The van der Waals surface area contributed by atoms with Crippen LogP contribution < -0.4 is 11.3 Å². The number of nitrogens with zero attached hydrogens (tertiary/aromatic N) is 1. The van der Waals surface area contributed by atoms with Crippen molar-refractivity contribution < 1.29 is 9.90 Å². The molecule has 0 aliphatic carbocycles. The topological polar surface area (TPSA) is 78.6 Å². The van der Waals surface area contributed by atoms with Crippen LogP contribution in [0.25, 0.3) is 0 Å². The molecule has 1 aliphatic rings. The van der Waals surface area contributed by atoms with Crippen LogP contribution in [0.15, 0.2) is 0 Å². The molecule has 0 bridgehead atoms. The van der Waals surface area contributed by atoms with E-state index in [2.05, 4.69) is 10.3 Å². The highest BCUT2D eigenvalue weighted by molar-refractivity contribution is 5.75. The number of hydrogen-bond donors (Lipinski definition) is 3. The number of carbonyl (C=O) groups excluding carboxylic acids is 1. The van der Waals surface area contributed by atoms with Crippen molar-refractivity contribution in [2.24, 2.45) is 11.8 Å². The highest BCUT2D eigenvalue weighted by Gasteiger charge is 2.21. The van der Waals surface area contributed by atoms with E-state index in [-0.39, 0.29) is 12.0 Å². The Hall–Kier alpha value is -0.650. The Morgan fingerprint density at radius 1 is 1.47 bits per heavy atom. The second-order valence-corrected chi connectivity index (χ2v) is 4.94. The number of rotatable bonds is 6. The molecule has 1 saturated heterocycles. The Kier molecular flexibility index (Phi) is 6.47. The Balaban J connectivity index is 2.04. The van der Waals surface area contributed by atoms with Crippen LogP contribution in [0.1, 0.15) is 39.0 Å². The number of unbranched alkanes of at least 4 members (excludes halogenated alkanes) is 1. The lowest BCUT2D eigenvalue weighted by Gasteiger charge is -2.33. The third-order valence-electron chi connectivity index (χ3n) is 3.60. The lowest BCUT2D eigenvalue weighted by atomic mass is 9.92. The van der Waals surface area contributed by atoms with Crippen LogP contribution in [0.2, 0.25) is 0 Å². The van der Waals surface area contributed by atoms with E-state index in [9.17, 15) is 9.90 Å². The number of hydrogen-bond acceptors (Lipinski definition) is 4. The maximum Gasteiger partial charge on any atom is 0.233 e. The van der Waals surface area contributed by atoms with Gasteiger partial charge in [-0.05, 0) is 58.2 Å². The standard InChI is InChI=1S/C12H25N3O2/c1-10(16)11-5-8-15(9-6-11)7-3-2-4-12(17)14-13/h10-11,16H,2-9,13H2,1H3,(H,14,17). The van der Waals surface area contributed by atoms with E-state index in [4.69, 9.17) is 5.84 Å². The molecular formula is C12H25N3O2. The fourth-order valence-corrected chi connectivity index (χ4v) is 2.35. The minimum absolute atomic E-state index is 0.0854. The number of nitrogens with one attached hydrogen (secondary N) is 1. The van der Waals surface area contributed by atoms with Crippen molar-refractivity contribution in [3.63, 3.8) is 0 Å². The number of hydrazine groups is 1. The molecule has 1 amide bonds. The van der Waals surface area contributed by atoms with Gasteiger partial charge >= 0.3 is 0 Å². The predicted molar refractivity (Wildman–Crippen MR) is 67.0 cm³/mol. The summed E-state index contributed by atoms with van der Waals surface area (Å²) in [5, 5.41) is 9.49. The van der Waals surface area contributed by atoms with E-state index in [0.29, 0.717) is 12.3 Å². The minimum Gasteiger partial charge on any atom is -0.393 e. The van der Waals surface area contributed by atoms with Crippen molar-refractivity contribution in [3.05, 3.63) is 0 Å². The molecule has 1 unspecified atom stereocenters. The van der Waals surface area contributed by atoms with Crippen LogP contribution in [0.5, 0.6) is 0 Å². The molecule has 5 nitrogen and oxygen atoms in total. The van der Waals surface area contributed by atoms with Gasteiger partial charge in [0, 0.05) is 6.42 Å². The van der Waals surface area contributed by atoms with Gasteiger partial charge in [-0.25, -0.2) is 5.84 Å². The van der Waals surface area contributed by atoms with Gasteiger partial charge in [0.15, 0.2) is 0 Å². The zero-order chi connectivity index (χ0) is 12.7. The summed E-state index contributed by atoms with van der Waals surface area (Å²) < 4.78 is 0. The van der Waals surface area contributed by atoms with Crippen LogP contribution in [-0.2, 0) is 4.79 Å². The zero-order valence-corrected chi connectivity index (χ0v) is 10.7.